The first-order valence-electron chi connectivity index (χ1n) is 7.09. The quantitative estimate of drug-likeness (QED) is 0.908. The van der Waals surface area contributed by atoms with Gasteiger partial charge in [-0.15, -0.1) is 0 Å². The van der Waals surface area contributed by atoms with Gasteiger partial charge < -0.3 is 15.4 Å². The fourth-order valence-electron chi connectivity index (χ4n) is 3.51. The summed E-state index contributed by atoms with van der Waals surface area (Å²) in [4.78, 5) is 14.6. The van der Waals surface area contributed by atoms with Crippen LogP contribution in [0.1, 0.15) is 23.2 Å². The second-order valence-electron chi connectivity index (χ2n) is 5.84. The number of carbonyl (C=O) groups excluding carboxylic acids is 1. The maximum Gasteiger partial charge on any atom is 0.257 e. The van der Waals surface area contributed by atoms with Crippen LogP contribution in [-0.4, -0.2) is 37.0 Å². The molecule has 3 atom stereocenters. The van der Waals surface area contributed by atoms with E-state index in [2.05, 4.69) is 0 Å². The third-order valence-corrected chi connectivity index (χ3v) is 5.39. The Kier molecular flexibility index (Phi) is 4.04. The molecule has 114 valence electrons. The van der Waals surface area contributed by atoms with Crippen molar-refractivity contribution in [3.63, 3.8) is 0 Å². The van der Waals surface area contributed by atoms with Crippen LogP contribution >= 0.6 is 23.2 Å². The molecule has 1 saturated heterocycles. The summed E-state index contributed by atoms with van der Waals surface area (Å²) in [6, 6.07) is 3.38. The fraction of sp³-hybridized carbons (Fsp3) is 0.533. The van der Waals surface area contributed by atoms with Crippen LogP contribution in [0.2, 0.25) is 10.0 Å². The number of methoxy groups -OCH3 is 1. The van der Waals surface area contributed by atoms with Crippen molar-refractivity contribution in [3.05, 3.63) is 27.7 Å². The molecule has 1 saturated carbocycles. The molecule has 0 radical (unpaired) electrons. The van der Waals surface area contributed by atoms with Gasteiger partial charge in [0.05, 0.1) is 22.7 Å². The number of hydrogen-bond acceptors (Lipinski definition) is 3. The van der Waals surface area contributed by atoms with Gasteiger partial charge in [0.25, 0.3) is 5.91 Å². The van der Waals surface area contributed by atoms with Crippen LogP contribution in [0.25, 0.3) is 0 Å². The molecule has 3 rings (SSSR count). The second kappa shape index (κ2) is 5.67. The van der Waals surface area contributed by atoms with E-state index < -0.39 is 0 Å². The number of carbonyl (C=O) groups is 1. The Hall–Kier alpha value is -0.970. The van der Waals surface area contributed by atoms with E-state index in [0.717, 1.165) is 19.4 Å². The highest BCUT2D eigenvalue weighted by Gasteiger charge is 2.43. The highest BCUT2D eigenvalue weighted by molar-refractivity contribution is 6.42. The minimum absolute atomic E-state index is 0.0629. The van der Waals surface area contributed by atoms with Gasteiger partial charge in [0.15, 0.2) is 0 Å². The minimum atomic E-state index is -0.0629. The molecule has 1 aromatic rings. The van der Waals surface area contributed by atoms with Gasteiger partial charge in [0.1, 0.15) is 5.75 Å². The molecule has 1 aliphatic heterocycles. The Morgan fingerprint density at radius 2 is 2.00 bits per heavy atom. The molecule has 2 fully saturated rings. The molecule has 0 bridgehead atoms. The van der Waals surface area contributed by atoms with Gasteiger partial charge in [-0.1, -0.05) is 23.2 Å². The van der Waals surface area contributed by atoms with Crippen LogP contribution in [0.15, 0.2) is 12.1 Å². The zero-order valence-electron chi connectivity index (χ0n) is 11.8. The first-order valence-corrected chi connectivity index (χ1v) is 7.84. The average Bonchev–Trinajstić information content (AvgIpc) is 3.03. The Balaban J connectivity index is 1.85. The van der Waals surface area contributed by atoms with Crippen LogP contribution in [0.5, 0.6) is 5.75 Å². The summed E-state index contributed by atoms with van der Waals surface area (Å²) in [5.74, 6) is 1.34. The summed E-state index contributed by atoms with van der Waals surface area (Å²) in [6.45, 7) is 1.48. The summed E-state index contributed by atoms with van der Waals surface area (Å²) in [7, 11) is 1.52. The SMILES string of the molecule is COc1cc(Cl)c(Cl)cc1C(=O)N1CC2CCC(N)C2C1. The van der Waals surface area contributed by atoms with E-state index in [9.17, 15) is 4.79 Å². The number of benzene rings is 1. The Labute approximate surface area is 134 Å². The van der Waals surface area contributed by atoms with Gasteiger partial charge in [-0.3, -0.25) is 4.79 Å². The lowest BCUT2D eigenvalue weighted by atomic mass is 9.98. The maximum absolute atomic E-state index is 12.7. The average molecular weight is 329 g/mol. The van der Waals surface area contributed by atoms with Crippen molar-refractivity contribution >= 4 is 29.1 Å². The number of nitrogens with two attached hydrogens (primary N) is 1. The lowest BCUT2D eigenvalue weighted by molar-refractivity contribution is 0.0776. The molecule has 1 amide bonds. The second-order valence-corrected chi connectivity index (χ2v) is 6.66. The molecule has 4 nitrogen and oxygen atoms in total. The number of nitrogens with zero attached hydrogens (tertiary/aromatic N) is 1. The van der Waals surface area contributed by atoms with Gasteiger partial charge in [0.2, 0.25) is 0 Å². The maximum atomic E-state index is 12.7. The smallest absolute Gasteiger partial charge is 0.257 e. The van der Waals surface area contributed by atoms with Gasteiger partial charge in [-0.05, 0) is 30.7 Å². The van der Waals surface area contributed by atoms with Crippen molar-refractivity contribution in [2.45, 2.75) is 18.9 Å². The van der Waals surface area contributed by atoms with E-state index in [1.54, 1.807) is 12.1 Å². The normalized spacial score (nSPS) is 27.8. The molecule has 2 aliphatic rings. The number of amides is 1. The summed E-state index contributed by atoms with van der Waals surface area (Å²) < 4.78 is 5.26. The Morgan fingerprint density at radius 3 is 2.67 bits per heavy atom. The highest BCUT2D eigenvalue weighted by Crippen LogP contribution is 2.39. The monoisotopic (exact) mass is 328 g/mol. The number of hydrogen-bond donors (Lipinski definition) is 1. The molecule has 1 heterocycles. The van der Waals surface area contributed by atoms with E-state index in [1.165, 1.54) is 7.11 Å². The Morgan fingerprint density at radius 1 is 1.29 bits per heavy atom. The van der Waals surface area contributed by atoms with Crippen molar-refractivity contribution in [2.75, 3.05) is 20.2 Å². The summed E-state index contributed by atoms with van der Waals surface area (Å²) >= 11 is 12.0. The summed E-state index contributed by atoms with van der Waals surface area (Å²) in [5, 5.41) is 0.738. The number of ether oxygens (including phenoxy) is 1. The number of fused-ring (bicyclic) bond motifs is 1. The van der Waals surface area contributed by atoms with Crippen LogP contribution in [-0.2, 0) is 0 Å². The molecule has 6 heteroatoms. The molecule has 1 aliphatic carbocycles. The first-order chi connectivity index (χ1) is 10.0. The van der Waals surface area contributed by atoms with Gasteiger partial charge in [-0.25, -0.2) is 0 Å². The Bertz CT molecular complexity index is 579. The van der Waals surface area contributed by atoms with Crippen LogP contribution in [0.4, 0.5) is 0 Å². The molecule has 21 heavy (non-hydrogen) atoms. The van der Waals surface area contributed by atoms with Crippen molar-refractivity contribution in [2.24, 2.45) is 17.6 Å². The lowest BCUT2D eigenvalue weighted by Crippen LogP contribution is -2.33. The van der Waals surface area contributed by atoms with E-state index >= 15 is 0 Å². The van der Waals surface area contributed by atoms with Crippen molar-refractivity contribution in [1.82, 2.24) is 4.90 Å². The third-order valence-electron chi connectivity index (χ3n) is 4.67. The van der Waals surface area contributed by atoms with E-state index in [1.807, 2.05) is 4.90 Å². The van der Waals surface area contributed by atoms with E-state index in [-0.39, 0.29) is 11.9 Å². The highest BCUT2D eigenvalue weighted by atomic mass is 35.5. The zero-order chi connectivity index (χ0) is 15.1. The molecular formula is C15H18Cl2N2O2. The fourth-order valence-corrected chi connectivity index (χ4v) is 3.83. The number of halogens is 2. The zero-order valence-corrected chi connectivity index (χ0v) is 13.3. The standard InChI is InChI=1S/C15H18Cl2N2O2/c1-21-14-5-12(17)11(16)4-9(14)15(20)19-6-8-2-3-13(18)10(8)7-19/h4-5,8,10,13H,2-3,6-7,18H2,1H3. The van der Waals surface area contributed by atoms with Crippen LogP contribution < -0.4 is 10.5 Å². The van der Waals surface area contributed by atoms with Crippen molar-refractivity contribution < 1.29 is 9.53 Å². The predicted molar refractivity (Wildman–Crippen MR) is 83.1 cm³/mol. The lowest BCUT2D eigenvalue weighted by Gasteiger charge is -2.20. The van der Waals surface area contributed by atoms with Crippen molar-refractivity contribution in [1.29, 1.82) is 0 Å². The minimum Gasteiger partial charge on any atom is -0.496 e. The van der Waals surface area contributed by atoms with E-state index in [0.29, 0.717) is 39.7 Å². The topological polar surface area (TPSA) is 55.6 Å². The molecule has 1 aromatic carbocycles. The third kappa shape index (κ3) is 2.60. The summed E-state index contributed by atoms with van der Waals surface area (Å²) in [5.41, 5.74) is 6.58. The molecule has 0 aromatic heterocycles. The molecular weight excluding hydrogens is 311 g/mol. The predicted octanol–water partition coefficient (Wildman–Crippen LogP) is 2.81. The molecule has 0 spiro atoms. The van der Waals surface area contributed by atoms with Gasteiger partial charge in [0, 0.05) is 25.2 Å². The van der Waals surface area contributed by atoms with Crippen LogP contribution in [0.3, 0.4) is 0 Å². The van der Waals surface area contributed by atoms with Gasteiger partial charge >= 0.3 is 0 Å². The first kappa shape index (κ1) is 14.9. The number of rotatable bonds is 2. The molecule has 3 unspecified atom stereocenters. The molecule has 2 N–H and O–H groups in total. The van der Waals surface area contributed by atoms with Crippen LogP contribution in [0, 0.1) is 11.8 Å². The van der Waals surface area contributed by atoms with Crippen molar-refractivity contribution in [3.8, 4) is 5.75 Å². The van der Waals surface area contributed by atoms with Gasteiger partial charge in [-0.2, -0.15) is 0 Å². The van der Waals surface area contributed by atoms with E-state index in [4.69, 9.17) is 33.7 Å². The number of likely N-dealkylation sites (tertiary alicyclic amines) is 1. The largest absolute Gasteiger partial charge is 0.496 e. The summed E-state index contributed by atoms with van der Waals surface area (Å²) in [6.07, 6.45) is 2.17.